The molecule has 2 saturated carbocycles. The van der Waals surface area contributed by atoms with E-state index in [9.17, 15) is 49.4 Å². The number of ether oxygens (including phenoxy) is 1. The van der Waals surface area contributed by atoms with Crippen LogP contribution in [0.15, 0.2) is 0 Å². The van der Waals surface area contributed by atoms with E-state index in [1.807, 2.05) is 0 Å². The van der Waals surface area contributed by atoms with Crippen LogP contribution in [-0.4, -0.2) is 103 Å². The summed E-state index contributed by atoms with van der Waals surface area (Å²) >= 11 is 0. The van der Waals surface area contributed by atoms with Gasteiger partial charge in [0.05, 0.1) is 6.10 Å². The molecule has 0 aliphatic heterocycles. The summed E-state index contributed by atoms with van der Waals surface area (Å²) in [6.45, 7) is 4.14. The topological polar surface area (TPSA) is 111 Å². The Morgan fingerprint density at radius 3 is 1.74 bits per heavy atom. The van der Waals surface area contributed by atoms with Crippen molar-refractivity contribution in [1.82, 2.24) is 0 Å². The third-order valence-corrected chi connectivity index (χ3v) is 19.8. The fraction of sp³-hybridized carbons (Fsp3) is 0.958. The van der Waals surface area contributed by atoms with Gasteiger partial charge in [0.1, 0.15) is 0 Å². The minimum Gasteiger partial charge on any atom is -0.462 e. The van der Waals surface area contributed by atoms with Gasteiger partial charge in [-0.3, -0.25) is 4.79 Å². The lowest BCUT2D eigenvalue weighted by atomic mass is 9.72. The van der Waals surface area contributed by atoms with Gasteiger partial charge >= 0.3 is 50.9 Å². The highest BCUT2D eigenvalue weighted by Crippen LogP contribution is 2.69. The van der Waals surface area contributed by atoms with E-state index in [4.69, 9.17) is 35.1 Å². The van der Waals surface area contributed by atoms with Gasteiger partial charge in [-0.2, -0.15) is 39.5 Å². The van der Waals surface area contributed by atoms with E-state index in [0.29, 0.717) is 0 Å². The first-order valence-electron chi connectivity index (χ1n) is 14.1. The lowest BCUT2D eigenvalue weighted by Crippen LogP contribution is -2.65. The highest BCUT2D eigenvalue weighted by molar-refractivity contribution is 6.82. The summed E-state index contributed by atoms with van der Waals surface area (Å²) in [6.07, 6.45) is -21.6. The highest BCUT2D eigenvalue weighted by atomic mass is 28.5. The number of fused-ring (bicyclic) bond motifs is 2. The molecule has 0 aromatic carbocycles. The molecule has 0 radical (unpaired) electrons. The van der Waals surface area contributed by atoms with Crippen LogP contribution in [0, 0.1) is 17.3 Å². The van der Waals surface area contributed by atoms with E-state index >= 15 is 0 Å². The molecule has 6 unspecified atom stereocenters. The average molecular weight is 745 g/mol. The van der Waals surface area contributed by atoms with Crippen molar-refractivity contribution in [3.8, 4) is 0 Å². The Morgan fingerprint density at radius 1 is 0.848 bits per heavy atom. The van der Waals surface area contributed by atoms with Crippen LogP contribution in [0.25, 0.3) is 0 Å². The van der Waals surface area contributed by atoms with Crippen LogP contribution >= 0.6 is 0 Å². The molecular weight excluding hydrogens is 703 g/mol. The van der Waals surface area contributed by atoms with Gasteiger partial charge in [0.2, 0.25) is 0 Å². The van der Waals surface area contributed by atoms with Crippen LogP contribution in [0.4, 0.5) is 39.5 Å². The molecule has 2 fully saturated rings. The van der Waals surface area contributed by atoms with Crippen LogP contribution in [0.3, 0.4) is 0 Å². The fourth-order valence-electron chi connectivity index (χ4n) is 6.49. The van der Waals surface area contributed by atoms with Crippen LogP contribution in [0.2, 0.25) is 18.1 Å². The Kier molecular flexibility index (Phi) is 12.8. The normalized spacial score (nSPS) is 27.2. The summed E-state index contributed by atoms with van der Waals surface area (Å²) in [5.74, 6) is -3.48. The molecule has 0 amide bonds. The maximum absolute atomic E-state index is 14.8. The van der Waals surface area contributed by atoms with Crippen molar-refractivity contribution in [2.75, 3.05) is 35.5 Å². The van der Waals surface area contributed by atoms with E-state index in [2.05, 4.69) is 0 Å². The number of hydrogen-bond acceptors (Lipinski definition) is 10. The number of aliphatic hydroxyl groups is 1. The van der Waals surface area contributed by atoms with Crippen molar-refractivity contribution in [2.24, 2.45) is 17.3 Å². The quantitative estimate of drug-likeness (QED) is 0.121. The maximum Gasteiger partial charge on any atom is 0.671 e. The van der Waals surface area contributed by atoms with Crippen molar-refractivity contribution >= 4 is 32.4 Å². The van der Waals surface area contributed by atoms with Gasteiger partial charge in [-0.15, -0.1) is 0 Å². The summed E-state index contributed by atoms with van der Waals surface area (Å²) < 4.78 is 169. The zero-order valence-electron chi connectivity index (χ0n) is 26.6. The number of carbonyl (C=O) groups excluding carboxylic acids is 1. The lowest BCUT2D eigenvalue weighted by Gasteiger charge is -2.47. The number of hydrogen-bond donors (Lipinski definition) is 1. The number of halogens is 9. The van der Waals surface area contributed by atoms with Gasteiger partial charge in [0, 0.05) is 47.1 Å². The van der Waals surface area contributed by atoms with E-state index in [1.165, 1.54) is 20.4 Å². The number of rotatable bonds is 16. The molecule has 2 rings (SSSR count). The van der Waals surface area contributed by atoms with Crippen LogP contribution in [-0.2, 0) is 39.9 Å². The van der Waals surface area contributed by atoms with Gasteiger partial charge in [-0.05, 0) is 64.3 Å². The first-order valence-corrected chi connectivity index (χ1v) is 20.1. The minimum absolute atomic E-state index is 0.0494. The van der Waals surface area contributed by atoms with Gasteiger partial charge in [0.15, 0.2) is 5.41 Å². The van der Waals surface area contributed by atoms with Crippen LogP contribution < -0.4 is 0 Å². The molecule has 46 heavy (non-hydrogen) atoms. The standard InChI is InChI=1S/C24H41F9O10Si3/c1-15(2)41-19(34)20(22(25,26)27)14-16-12-17(20)18(13-16)44(8,36-3)42-45(37-4,43-46(38-5,39-6)40-7)11-9-10-21(35,23(28,29)30)24(31,32)33/h15-18,35H,9-14H2,1-8H3. The largest absolute Gasteiger partial charge is 0.671 e. The molecular formula is C24H41F9O10Si3. The molecule has 0 aromatic heterocycles. The molecule has 2 aliphatic carbocycles. The molecule has 0 aromatic rings. The molecule has 22 heteroatoms. The van der Waals surface area contributed by atoms with E-state index in [-0.39, 0.29) is 12.8 Å². The Hall–Kier alpha value is -0.829. The average Bonchev–Trinajstić information content (AvgIpc) is 3.54. The maximum atomic E-state index is 14.8. The Balaban J connectivity index is 2.61. The van der Waals surface area contributed by atoms with Crippen LogP contribution in [0.5, 0.6) is 0 Å². The SMILES string of the molecule is CO[Si](CCCC(O)(C(F)(F)F)C(F)(F)F)(O[Si](OC)(OC)OC)O[Si](C)(OC)C1CC2CC1C(C(=O)OC(C)C)(C(F)(F)F)C2. The highest BCUT2D eigenvalue weighted by Gasteiger charge is 2.76. The van der Waals surface area contributed by atoms with Gasteiger partial charge in [-0.25, -0.2) is 0 Å². The predicted octanol–water partition coefficient (Wildman–Crippen LogP) is 5.63. The third kappa shape index (κ3) is 7.65. The summed E-state index contributed by atoms with van der Waals surface area (Å²) in [5, 5.41) is 9.71. The van der Waals surface area contributed by atoms with Crippen molar-refractivity contribution in [3.63, 3.8) is 0 Å². The molecule has 2 bridgehead atoms. The van der Waals surface area contributed by atoms with Gasteiger partial charge < -0.3 is 40.2 Å². The molecule has 2 aliphatic rings. The van der Waals surface area contributed by atoms with Gasteiger partial charge in [-0.1, -0.05) is 0 Å². The second-order valence-corrected chi connectivity index (χ2v) is 21.1. The Morgan fingerprint density at radius 2 is 1.37 bits per heavy atom. The van der Waals surface area contributed by atoms with E-state index < -0.39 is 111 Å². The Bertz CT molecular complexity index is 1020. The summed E-state index contributed by atoms with van der Waals surface area (Å²) in [6, 6.07) is -0.838. The van der Waals surface area contributed by atoms with Crippen molar-refractivity contribution in [3.05, 3.63) is 0 Å². The molecule has 272 valence electrons. The van der Waals surface area contributed by atoms with Crippen LogP contribution in [0.1, 0.15) is 46.0 Å². The predicted molar refractivity (Wildman–Crippen MR) is 146 cm³/mol. The smallest absolute Gasteiger partial charge is 0.462 e. The summed E-state index contributed by atoms with van der Waals surface area (Å²) in [4.78, 5) is 13.1. The fourth-order valence-corrected chi connectivity index (χ4v) is 18.0. The zero-order chi connectivity index (χ0) is 35.8. The molecule has 10 nitrogen and oxygen atoms in total. The molecule has 1 N–H and O–H groups in total. The molecule has 6 atom stereocenters. The van der Waals surface area contributed by atoms with E-state index in [0.717, 1.165) is 35.5 Å². The Labute approximate surface area is 264 Å². The molecule has 0 spiro atoms. The van der Waals surface area contributed by atoms with Gasteiger partial charge in [0.25, 0.3) is 5.60 Å². The number of esters is 1. The lowest BCUT2D eigenvalue weighted by molar-refractivity contribution is -0.370. The first-order chi connectivity index (χ1) is 20.8. The summed E-state index contributed by atoms with van der Waals surface area (Å²) in [7, 11) is -7.80. The third-order valence-electron chi connectivity index (χ3n) is 8.85. The summed E-state index contributed by atoms with van der Waals surface area (Å²) in [5.41, 5.74) is -9.12. The zero-order valence-corrected chi connectivity index (χ0v) is 29.6. The van der Waals surface area contributed by atoms with E-state index in [1.54, 1.807) is 0 Å². The second kappa shape index (κ2) is 14.2. The molecule has 0 saturated heterocycles. The second-order valence-electron chi connectivity index (χ2n) is 11.8. The first kappa shape index (κ1) is 41.3. The van der Waals surface area contributed by atoms with Crippen molar-refractivity contribution in [2.45, 2.75) is 94.3 Å². The number of carbonyl (C=O) groups is 1. The van der Waals surface area contributed by atoms with Crippen molar-refractivity contribution < 1.29 is 84.5 Å². The number of alkyl halides is 9. The monoisotopic (exact) mass is 744 g/mol. The minimum atomic E-state index is -6.11. The van der Waals surface area contributed by atoms with Crippen molar-refractivity contribution in [1.29, 1.82) is 0 Å². The molecule has 0 heterocycles.